The minimum Gasteiger partial charge on any atom is -0.336 e. The Morgan fingerprint density at radius 1 is 1.24 bits per heavy atom. The number of carbonyl (C=O) groups is 1. The van der Waals surface area contributed by atoms with E-state index in [0.29, 0.717) is 36.1 Å². The smallest absolute Gasteiger partial charge is 0.280 e. The summed E-state index contributed by atoms with van der Waals surface area (Å²) in [6.07, 6.45) is 2.95. The van der Waals surface area contributed by atoms with Gasteiger partial charge in [0.2, 0.25) is 0 Å². The maximum atomic E-state index is 14.4. The second-order valence-electron chi connectivity index (χ2n) is 8.88. The van der Waals surface area contributed by atoms with Crippen LogP contribution >= 0.6 is 0 Å². The molecule has 2 aromatic heterocycles. The lowest BCUT2D eigenvalue weighted by Crippen LogP contribution is -2.55. The predicted octanol–water partition coefficient (Wildman–Crippen LogP) is 3.10. The van der Waals surface area contributed by atoms with E-state index in [1.54, 1.807) is 24.3 Å². The van der Waals surface area contributed by atoms with E-state index < -0.39 is 11.4 Å². The molecule has 0 spiro atoms. The van der Waals surface area contributed by atoms with Crippen molar-refractivity contribution in [2.75, 3.05) is 19.6 Å². The van der Waals surface area contributed by atoms with Gasteiger partial charge in [-0.15, -0.1) is 0 Å². The summed E-state index contributed by atoms with van der Waals surface area (Å²) in [6, 6.07) is 8.68. The van der Waals surface area contributed by atoms with Crippen LogP contribution in [-0.4, -0.2) is 62.2 Å². The van der Waals surface area contributed by atoms with Crippen molar-refractivity contribution in [2.45, 2.75) is 39.8 Å². The van der Waals surface area contributed by atoms with Crippen molar-refractivity contribution in [3.63, 3.8) is 0 Å². The van der Waals surface area contributed by atoms with Gasteiger partial charge in [-0.05, 0) is 57.0 Å². The van der Waals surface area contributed by atoms with Crippen LogP contribution in [0.25, 0.3) is 16.9 Å². The quantitative estimate of drug-likeness (QED) is 0.643. The highest BCUT2D eigenvalue weighted by molar-refractivity contribution is 5.94. The van der Waals surface area contributed by atoms with Crippen molar-refractivity contribution in [3.05, 3.63) is 69.5 Å². The number of nitrogens with zero attached hydrogens (tertiary/aromatic N) is 5. The van der Waals surface area contributed by atoms with Crippen LogP contribution in [0.2, 0.25) is 0 Å². The molecular formula is C25H27FN6O2. The Kier molecular flexibility index (Phi) is 6.35. The first-order valence-electron chi connectivity index (χ1n) is 11.2. The van der Waals surface area contributed by atoms with Crippen LogP contribution in [0.3, 0.4) is 0 Å². The van der Waals surface area contributed by atoms with Gasteiger partial charge in [-0.1, -0.05) is 6.07 Å². The van der Waals surface area contributed by atoms with E-state index in [-0.39, 0.29) is 28.6 Å². The monoisotopic (exact) mass is 462 g/mol. The highest BCUT2D eigenvalue weighted by Crippen LogP contribution is 2.25. The van der Waals surface area contributed by atoms with Crippen molar-refractivity contribution in [3.8, 4) is 23.0 Å². The third kappa shape index (κ3) is 4.13. The number of nitrogens with one attached hydrogen (secondary N) is 1. The SMILES string of the molecule is Cc1c(-c2c[nH]n(-c3ccc(C(=O)N4CCN(C(C)C)[C@H](C)C4)cn3)c2=O)ccc(C#N)c1F. The summed E-state index contributed by atoms with van der Waals surface area (Å²) >= 11 is 0. The molecule has 1 aromatic carbocycles. The Balaban J connectivity index is 1.55. The van der Waals surface area contributed by atoms with Crippen LogP contribution in [0.4, 0.5) is 4.39 Å². The lowest BCUT2D eigenvalue weighted by molar-refractivity contribution is 0.0426. The molecule has 1 N–H and O–H groups in total. The fraction of sp³-hybridized carbons (Fsp3) is 0.360. The van der Waals surface area contributed by atoms with Gasteiger partial charge in [-0.25, -0.2) is 14.1 Å². The first kappa shape index (κ1) is 23.4. The van der Waals surface area contributed by atoms with Crippen LogP contribution < -0.4 is 5.56 Å². The minimum atomic E-state index is -0.642. The molecule has 1 atom stereocenters. The molecule has 1 aliphatic heterocycles. The largest absolute Gasteiger partial charge is 0.336 e. The molecule has 0 bridgehead atoms. The van der Waals surface area contributed by atoms with Gasteiger partial charge in [-0.3, -0.25) is 19.6 Å². The average Bonchev–Trinajstić information content (AvgIpc) is 3.21. The summed E-state index contributed by atoms with van der Waals surface area (Å²) in [5, 5.41) is 11.9. The molecular weight excluding hydrogens is 435 g/mol. The zero-order chi connectivity index (χ0) is 24.6. The van der Waals surface area contributed by atoms with Crippen molar-refractivity contribution in [2.24, 2.45) is 0 Å². The predicted molar refractivity (Wildman–Crippen MR) is 126 cm³/mol. The molecule has 3 aromatic rings. The Morgan fingerprint density at radius 2 is 2.00 bits per heavy atom. The number of nitriles is 1. The second kappa shape index (κ2) is 9.23. The third-order valence-electron chi connectivity index (χ3n) is 6.42. The van der Waals surface area contributed by atoms with E-state index in [9.17, 15) is 14.0 Å². The number of H-pyrrole nitrogens is 1. The number of halogens is 1. The fourth-order valence-electron chi connectivity index (χ4n) is 4.55. The lowest BCUT2D eigenvalue weighted by Gasteiger charge is -2.42. The number of amides is 1. The van der Waals surface area contributed by atoms with E-state index in [1.165, 1.54) is 30.1 Å². The van der Waals surface area contributed by atoms with Gasteiger partial charge in [-0.2, -0.15) is 5.26 Å². The Morgan fingerprint density at radius 3 is 2.62 bits per heavy atom. The molecule has 176 valence electrons. The minimum absolute atomic E-state index is 0.0703. The van der Waals surface area contributed by atoms with Crippen LogP contribution in [-0.2, 0) is 0 Å². The molecule has 34 heavy (non-hydrogen) atoms. The molecule has 1 saturated heterocycles. The van der Waals surface area contributed by atoms with E-state index >= 15 is 0 Å². The number of pyridine rings is 1. The number of rotatable bonds is 4. The number of benzene rings is 1. The normalized spacial score (nSPS) is 16.6. The highest BCUT2D eigenvalue weighted by atomic mass is 19.1. The molecule has 4 rings (SSSR count). The molecule has 3 heterocycles. The number of aromatic nitrogens is 3. The topological polar surface area (TPSA) is 98.0 Å². The molecule has 0 saturated carbocycles. The molecule has 1 amide bonds. The lowest BCUT2D eigenvalue weighted by atomic mass is 10.0. The summed E-state index contributed by atoms with van der Waals surface area (Å²) in [7, 11) is 0. The van der Waals surface area contributed by atoms with Gasteiger partial charge in [0.1, 0.15) is 11.9 Å². The van der Waals surface area contributed by atoms with Gasteiger partial charge in [0.15, 0.2) is 5.82 Å². The van der Waals surface area contributed by atoms with Crippen molar-refractivity contribution < 1.29 is 9.18 Å². The standard InChI is InChI=1S/C25H27FN6O2/c1-15(2)31-10-9-30(14-16(31)3)24(33)19-6-8-22(28-12-19)32-25(34)21(13-29-32)20-7-5-18(11-27)23(26)17(20)4/h5-8,12-13,15-16,29H,9-10,14H2,1-4H3/t16-/m1/s1. The van der Waals surface area contributed by atoms with Crippen LogP contribution in [0.1, 0.15) is 42.3 Å². The number of aromatic amines is 1. The summed E-state index contributed by atoms with van der Waals surface area (Å²) < 4.78 is 15.6. The zero-order valence-electron chi connectivity index (χ0n) is 19.7. The van der Waals surface area contributed by atoms with Gasteiger partial charge >= 0.3 is 0 Å². The Labute approximate surface area is 197 Å². The summed E-state index contributed by atoms with van der Waals surface area (Å²) in [6.45, 7) is 10.1. The highest BCUT2D eigenvalue weighted by Gasteiger charge is 2.28. The third-order valence-corrected chi connectivity index (χ3v) is 6.42. The van der Waals surface area contributed by atoms with Crippen LogP contribution in [0, 0.1) is 24.1 Å². The van der Waals surface area contributed by atoms with Crippen LogP contribution in [0.5, 0.6) is 0 Å². The maximum Gasteiger partial charge on any atom is 0.280 e. The van der Waals surface area contributed by atoms with Crippen molar-refractivity contribution >= 4 is 5.91 Å². The number of hydrogen-bond donors (Lipinski definition) is 1. The summed E-state index contributed by atoms with van der Waals surface area (Å²) in [5.74, 6) is -0.410. The fourth-order valence-corrected chi connectivity index (χ4v) is 4.55. The van der Waals surface area contributed by atoms with E-state index in [4.69, 9.17) is 5.26 Å². The molecule has 1 fully saturated rings. The molecule has 8 nitrogen and oxygen atoms in total. The van der Waals surface area contributed by atoms with Crippen molar-refractivity contribution in [1.82, 2.24) is 24.6 Å². The van der Waals surface area contributed by atoms with E-state index in [0.717, 1.165) is 6.54 Å². The van der Waals surface area contributed by atoms with Gasteiger partial charge < -0.3 is 4.90 Å². The maximum absolute atomic E-state index is 14.4. The number of hydrogen-bond acceptors (Lipinski definition) is 5. The Bertz CT molecular complexity index is 1320. The Hall–Kier alpha value is -3.77. The van der Waals surface area contributed by atoms with Gasteiger partial charge in [0, 0.05) is 44.1 Å². The zero-order valence-corrected chi connectivity index (χ0v) is 19.7. The second-order valence-corrected chi connectivity index (χ2v) is 8.88. The number of piperazine rings is 1. The van der Waals surface area contributed by atoms with Gasteiger partial charge in [0.25, 0.3) is 11.5 Å². The molecule has 0 radical (unpaired) electrons. The molecule has 0 aliphatic carbocycles. The average molecular weight is 463 g/mol. The van der Waals surface area contributed by atoms with E-state index in [2.05, 4.69) is 35.8 Å². The molecule has 9 heteroatoms. The van der Waals surface area contributed by atoms with E-state index in [1.807, 2.05) is 4.90 Å². The first-order chi connectivity index (χ1) is 16.2. The van der Waals surface area contributed by atoms with Crippen LogP contribution in [0.15, 0.2) is 41.5 Å². The number of carbonyl (C=O) groups excluding carboxylic acids is 1. The van der Waals surface area contributed by atoms with Gasteiger partial charge in [0.05, 0.1) is 16.7 Å². The first-order valence-corrected chi connectivity index (χ1v) is 11.2. The summed E-state index contributed by atoms with van der Waals surface area (Å²) in [4.78, 5) is 34.5. The van der Waals surface area contributed by atoms with Crippen molar-refractivity contribution in [1.29, 1.82) is 5.26 Å². The molecule has 0 unspecified atom stereocenters. The molecule has 1 aliphatic rings. The summed E-state index contributed by atoms with van der Waals surface area (Å²) in [5.41, 5.74) is 0.871.